The first kappa shape index (κ1) is 16.9. The smallest absolute Gasteiger partial charge is 0.325 e. The summed E-state index contributed by atoms with van der Waals surface area (Å²) in [7, 11) is 1.34. The molecule has 0 aromatic carbocycles. The summed E-state index contributed by atoms with van der Waals surface area (Å²) < 4.78 is 4.63. The molecule has 0 aliphatic heterocycles. The van der Waals surface area contributed by atoms with Gasteiger partial charge in [-0.05, 0) is 18.9 Å². The molecule has 2 N–H and O–H groups in total. The van der Waals surface area contributed by atoms with Crippen LogP contribution in [0.3, 0.4) is 0 Å². The molecule has 0 spiro atoms. The summed E-state index contributed by atoms with van der Waals surface area (Å²) in [4.78, 5) is 24.9. The van der Waals surface area contributed by atoms with Crippen LogP contribution in [0, 0.1) is 5.92 Å². The van der Waals surface area contributed by atoms with Crippen molar-refractivity contribution < 1.29 is 14.3 Å². The van der Waals surface area contributed by atoms with Crippen LogP contribution in [0.1, 0.15) is 39.5 Å². The van der Waals surface area contributed by atoms with Gasteiger partial charge in [0.1, 0.15) is 6.54 Å². The lowest BCUT2D eigenvalue weighted by Gasteiger charge is -2.25. The first-order valence-corrected chi connectivity index (χ1v) is 6.63. The number of esters is 1. The Hall–Kier alpha value is -1.10. The van der Waals surface area contributed by atoms with Crippen LogP contribution in [-0.4, -0.2) is 43.5 Å². The number of amides is 1. The molecular weight excluding hydrogens is 232 g/mol. The van der Waals surface area contributed by atoms with Gasteiger partial charge in [0.25, 0.3) is 0 Å². The molecule has 0 rings (SSSR count). The second-order valence-electron chi connectivity index (χ2n) is 4.43. The minimum Gasteiger partial charge on any atom is -0.468 e. The third-order valence-corrected chi connectivity index (χ3v) is 3.13. The van der Waals surface area contributed by atoms with Gasteiger partial charge in [-0.3, -0.25) is 9.59 Å². The Labute approximate surface area is 110 Å². The van der Waals surface area contributed by atoms with Gasteiger partial charge in [-0.2, -0.15) is 0 Å². The number of hydrogen-bond acceptors (Lipinski definition) is 4. The zero-order valence-corrected chi connectivity index (χ0v) is 11.8. The molecule has 0 atom stereocenters. The van der Waals surface area contributed by atoms with Crippen LogP contribution < -0.4 is 5.73 Å². The van der Waals surface area contributed by atoms with Crippen molar-refractivity contribution in [1.29, 1.82) is 0 Å². The fraction of sp³-hybridized carbons (Fsp3) is 0.846. The normalized spacial score (nSPS) is 10.5. The van der Waals surface area contributed by atoms with Gasteiger partial charge in [-0.1, -0.05) is 26.7 Å². The third kappa shape index (κ3) is 6.59. The van der Waals surface area contributed by atoms with Crippen LogP contribution in [0.15, 0.2) is 0 Å². The zero-order chi connectivity index (χ0) is 14.0. The van der Waals surface area contributed by atoms with Gasteiger partial charge in [-0.15, -0.1) is 0 Å². The Morgan fingerprint density at radius 1 is 1.28 bits per heavy atom. The number of methoxy groups -OCH3 is 1. The average molecular weight is 258 g/mol. The second-order valence-corrected chi connectivity index (χ2v) is 4.43. The first-order chi connectivity index (χ1) is 8.58. The highest BCUT2D eigenvalue weighted by Gasteiger charge is 2.19. The topological polar surface area (TPSA) is 72.6 Å². The molecule has 5 heteroatoms. The molecule has 5 nitrogen and oxygen atoms in total. The van der Waals surface area contributed by atoms with Crippen LogP contribution in [0.5, 0.6) is 0 Å². The van der Waals surface area contributed by atoms with Crippen molar-refractivity contribution in [3.05, 3.63) is 0 Å². The molecule has 0 saturated heterocycles. The van der Waals surface area contributed by atoms with E-state index in [1.54, 1.807) is 4.90 Å². The van der Waals surface area contributed by atoms with Gasteiger partial charge in [0.15, 0.2) is 0 Å². The van der Waals surface area contributed by atoms with Crippen molar-refractivity contribution in [2.75, 3.05) is 26.7 Å². The lowest BCUT2D eigenvalue weighted by atomic mass is 10.0. The van der Waals surface area contributed by atoms with E-state index in [0.717, 1.165) is 12.8 Å². The molecule has 0 bridgehead atoms. The number of nitrogens with zero attached hydrogens (tertiary/aromatic N) is 1. The van der Waals surface area contributed by atoms with Gasteiger partial charge in [0.05, 0.1) is 7.11 Å². The minimum atomic E-state index is -0.373. The van der Waals surface area contributed by atoms with Crippen LogP contribution in [0.2, 0.25) is 0 Å². The number of nitrogens with two attached hydrogens (primary N) is 1. The average Bonchev–Trinajstić information content (AvgIpc) is 2.40. The Balaban J connectivity index is 4.49. The van der Waals surface area contributed by atoms with Crippen molar-refractivity contribution in [1.82, 2.24) is 4.90 Å². The summed E-state index contributed by atoms with van der Waals surface area (Å²) in [6.07, 6.45) is 3.05. The summed E-state index contributed by atoms with van der Waals surface area (Å²) in [5, 5.41) is 0. The Morgan fingerprint density at radius 2 is 1.89 bits per heavy atom. The molecule has 0 unspecified atom stereocenters. The third-order valence-electron chi connectivity index (χ3n) is 3.13. The zero-order valence-electron chi connectivity index (χ0n) is 11.8. The number of carbonyl (C=O) groups is 2. The molecule has 0 aromatic heterocycles. The van der Waals surface area contributed by atoms with E-state index < -0.39 is 0 Å². The van der Waals surface area contributed by atoms with Gasteiger partial charge in [0, 0.05) is 13.0 Å². The standard InChI is InChI=1S/C13H26N2O3/c1-4-11(5-2)9-15(10-13(17)18-3)12(16)7-6-8-14/h11H,4-10,14H2,1-3H3. The summed E-state index contributed by atoms with van der Waals surface area (Å²) >= 11 is 0. The van der Waals surface area contributed by atoms with E-state index in [4.69, 9.17) is 5.73 Å². The lowest BCUT2D eigenvalue weighted by Crippen LogP contribution is -2.39. The van der Waals surface area contributed by atoms with Crippen LogP contribution >= 0.6 is 0 Å². The molecular formula is C13H26N2O3. The Bertz CT molecular complexity index is 253. The van der Waals surface area contributed by atoms with E-state index in [-0.39, 0.29) is 18.4 Å². The Morgan fingerprint density at radius 3 is 2.33 bits per heavy atom. The molecule has 1 amide bonds. The van der Waals surface area contributed by atoms with E-state index in [2.05, 4.69) is 18.6 Å². The fourth-order valence-corrected chi connectivity index (χ4v) is 1.74. The summed E-state index contributed by atoms with van der Waals surface area (Å²) in [5.74, 6) is 0.0382. The van der Waals surface area contributed by atoms with E-state index in [1.807, 2.05) is 0 Å². The van der Waals surface area contributed by atoms with Crippen LogP contribution in [0.25, 0.3) is 0 Å². The largest absolute Gasteiger partial charge is 0.468 e. The highest BCUT2D eigenvalue weighted by atomic mass is 16.5. The van der Waals surface area contributed by atoms with Crippen molar-refractivity contribution >= 4 is 11.9 Å². The second kappa shape index (κ2) is 9.88. The van der Waals surface area contributed by atoms with E-state index in [1.165, 1.54) is 7.11 Å². The van der Waals surface area contributed by atoms with E-state index >= 15 is 0 Å². The number of ether oxygens (including phenoxy) is 1. The molecule has 0 radical (unpaired) electrons. The number of rotatable bonds is 9. The SMILES string of the molecule is CCC(CC)CN(CC(=O)OC)C(=O)CCCN. The summed E-state index contributed by atoms with van der Waals surface area (Å²) in [6, 6.07) is 0. The summed E-state index contributed by atoms with van der Waals surface area (Å²) in [6.45, 7) is 5.33. The highest BCUT2D eigenvalue weighted by Crippen LogP contribution is 2.11. The summed E-state index contributed by atoms with van der Waals surface area (Å²) in [5.41, 5.74) is 5.40. The van der Waals surface area contributed by atoms with Gasteiger partial charge in [0.2, 0.25) is 5.91 Å². The fourth-order valence-electron chi connectivity index (χ4n) is 1.74. The maximum absolute atomic E-state index is 12.0. The number of hydrogen-bond donors (Lipinski definition) is 1. The molecule has 0 fully saturated rings. The predicted molar refractivity (Wildman–Crippen MR) is 71.0 cm³/mol. The molecule has 18 heavy (non-hydrogen) atoms. The van der Waals surface area contributed by atoms with Gasteiger partial charge in [-0.25, -0.2) is 0 Å². The predicted octanol–water partition coefficient (Wildman–Crippen LogP) is 1.16. The maximum atomic E-state index is 12.0. The lowest BCUT2D eigenvalue weighted by molar-refractivity contribution is -0.147. The van der Waals surface area contributed by atoms with Crippen molar-refractivity contribution in [2.45, 2.75) is 39.5 Å². The monoisotopic (exact) mass is 258 g/mol. The molecule has 0 aliphatic rings. The Kier molecular flexibility index (Phi) is 9.28. The molecule has 0 aliphatic carbocycles. The molecule has 106 valence electrons. The molecule has 0 saturated carbocycles. The van der Waals surface area contributed by atoms with Crippen LogP contribution in [0.4, 0.5) is 0 Å². The van der Waals surface area contributed by atoms with Gasteiger partial charge >= 0.3 is 5.97 Å². The van der Waals surface area contributed by atoms with Crippen LogP contribution in [-0.2, 0) is 14.3 Å². The van der Waals surface area contributed by atoms with Crippen molar-refractivity contribution in [3.8, 4) is 0 Å². The van der Waals surface area contributed by atoms with Gasteiger partial charge < -0.3 is 15.4 Å². The highest BCUT2D eigenvalue weighted by molar-refractivity contribution is 5.82. The maximum Gasteiger partial charge on any atom is 0.325 e. The van der Waals surface area contributed by atoms with Crippen molar-refractivity contribution in [3.63, 3.8) is 0 Å². The number of carbonyl (C=O) groups excluding carboxylic acids is 2. The quantitative estimate of drug-likeness (QED) is 0.630. The van der Waals surface area contributed by atoms with Crippen molar-refractivity contribution in [2.24, 2.45) is 11.7 Å². The van der Waals surface area contributed by atoms with E-state index in [9.17, 15) is 9.59 Å². The first-order valence-electron chi connectivity index (χ1n) is 6.63. The molecule has 0 aromatic rings. The molecule has 0 heterocycles. The van der Waals surface area contributed by atoms with E-state index in [0.29, 0.717) is 31.8 Å². The minimum absolute atomic E-state index is 0.0160.